The summed E-state index contributed by atoms with van der Waals surface area (Å²) in [5, 5.41) is 2.75. The molecule has 0 aliphatic carbocycles. The number of aromatic nitrogens is 1. The van der Waals surface area contributed by atoms with Gasteiger partial charge in [-0.2, -0.15) is 0 Å². The molecular formula is C18H18N2O3. The molecule has 0 bridgehead atoms. The van der Waals surface area contributed by atoms with Crippen molar-refractivity contribution in [2.24, 2.45) is 0 Å². The summed E-state index contributed by atoms with van der Waals surface area (Å²) in [5.74, 6) is 0.653. The second-order valence-corrected chi connectivity index (χ2v) is 5.27. The second kappa shape index (κ2) is 6.96. The van der Waals surface area contributed by atoms with Crippen molar-refractivity contribution in [2.75, 3.05) is 6.54 Å². The molecule has 0 atom stereocenters. The molecule has 1 N–H and O–H groups in total. The summed E-state index contributed by atoms with van der Waals surface area (Å²) < 4.78 is 10.6. The number of hydrogen-bond donors (Lipinski definition) is 1. The first-order valence-electron chi connectivity index (χ1n) is 7.51. The van der Waals surface area contributed by atoms with E-state index in [1.54, 1.807) is 0 Å². The van der Waals surface area contributed by atoms with Gasteiger partial charge in [-0.15, -0.1) is 0 Å². The first-order chi connectivity index (χ1) is 11.2. The van der Waals surface area contributed by atoms with Crippen LogP contribution in [-0.4, -0.2) is 17.6 Å². The Balaban J connectivity index is 1.45. The number of carbonyl (C=O) groups excluding carboxylic acids is 1. The zero-order valence-corrected chi connectivity index (χ0v) is 12.9. The molecule has 0 saturated heterocycles. The maximum atomic E-state index is 11.7. The van der Waals surface area contributed by atoms with Crippen LogP contribution in [0.15, 0.2) is 52.9 Å². The Bertz CT molecular complexity index is 796. The third-order valence-corrected chi connectivity index (χ3v) is 3.45. The molecule has 1 amide bonds. The maximum absolute atomic E-state index is 11.7. The quantitative estimate of drug-likeness (QED) is 0.782. The van der Waals surface area contributed by atoms with E-state index >= 15 is 0 Å². The SMILES string of the molecule is Cc1nc2cc(CCNC(=O)OCc3ccccc3)ccc2o1. The molecule has 0 unspecified atom stereocenters. The van der Waals surface area contributed by atoms with Gasteiger partial charge in [0, 0.05) is 13.5 Å². The lowest BCUT2D eigenvalue weighted by molar-refractivity contribution is 0.140. The Hall–Kier alpha value is -2.82. The lowest BCUT2D eigenvalue weighted by atomic mass is 10.1. The lowest BCUT2D eigenvalue weighted by Gasteiger charge is -2.07. The highest BCUT2D eigenvalue weighted by atomic mass is 16.5. The summed E-state index contributed by atoms with van der Waals surface area (Å²) in [5.41, 5.74) is 3.68. The number of rotatable bonds is 5. The fraction of sp³-hybridized carbons (Fsp3) is 0.222. The molecule has 0 aliphatic rings. The van der Waals surface area contributed by atoms with Gasteiger partial charge in [-0.3, -0.25) is 0 Å². The number of carbonyl (C=O) groups is 1. The summed E-state index contributed by atoms with van der Waals surface area (Å²) in [6.45, 7) is 2.61. The molecule has 0 spiro atoms. The van der Waals surface area contributed by atoms with E-state index in [1.807, 2.05) is 55.5 Å². The van der Waals surface area contributed by atoms with Crippen molar-refractivity contribution in [1.29, 1.82) is 0 Å². The standard InChI is InChI=1S/C18H18N2O3/c1-13-20-16-11-14(7-8-17(16)23-13)9-10-19-18(21)22-12-15-5-3-2-4-6-15/h2-8,11H,9-10,12H2,1H3,(H,19,21). The van der Waals surface area contributed by atoms with E-state index in [1.165, 1.54) is 0 Å². The number of oxazole rings is 1. The van der Waals surface area contributed by atoms with Crippen molar-refractivity contribution in [3.8, 4) is 0 Å². The molecule has 2 aromatic carbocycles. The predicted octanol–water partition coefficient (Wildman–Crippen LogP) is 3.61. The van der Waals surface area contributed by atoms with Crippen LogP contribution in [-0.2, 0) is 17.8 Å². The van der Waals surface area contributed by atoms with E-state index in [9.17, 15) is 4.79 Å². The van der Waals surface area contributed by atoms with Gasteiger partial charge in [0.05, 0.1) is 0 Å². The van der Waals surface area contributed by atoms with E-state index in [2.05, 4.69) is 10.3 Å². The van der Waals surface area contributed by atoms with Gasteiger partial charge < -0.3 is 14.5 Å². The molecule has 5 heteroatoms. The molecule has 0 fully saturated rings. The summed E-state index contributed by atoms with van der Waals surface area (Å²) in [4.78, 5) is 16.0. The van der Waals surface area contributed by atoms with Crippen LogP contribution in [0.5, 0.6) is 0 Å². The van der Waals surface area contributed by atoms with Crippen molar-refractivity contribution in [3.63, 3.8) is 0 Å². The first-order valence-corrected chi connectivity index (χ1v) is 7.51. The number of aryl methyl sites for hydroxylation is 1. The number of nitrogens with one attached hydrogen (secondary N) is 1. The van der Waals surface area contributed by atoms with Crippen LogP contribution in [0, 0.1) is 6.92 Å². The van der Waals surface area contributed by atoms with Crippen LogP contribution in [0.3, 0.4) is 0 Å². The number of hydrogen-bond acceptors (Lipinski definition) is 4. The molecule has 5 nitrogen and oxygen atoms in total. The van der Waals surface area contributed by atoms with E-state index < -0.39 is 6.09 Å². The number of fused-ring (bicyclic) bond motifs is 1. The highest BCUT2D eigenvalue weighted by Gasteiger charge is 2.05. The van der Waals surface area contributed by atoms with Crippen LogP contribution in [0.25, 0.3) is 11.1 Å². The average Bonchev–Trinajstić information content (AvgIpc) is 2.93. The summed E-state index contributed by atoms with van der Waals surface area (Å²) in [6, 6.07) is 15.4. The fourth-order valence-corrected chi connectivity index (χ4v) is 2.33. The van der Waals surface area contributed by atoms with Crippen LogP contribution in [0.1, 0.15) is 17.0 Å². The monoisotopic (exact) mass is 310 g/mol. The Morgan fingerprint density at radius 3 is 2.83 bits per heavy atom. The molecule has 0 aliphatic heterocycles. The van der Waals surface area contributed by atoms with Gasteiger partial charge >= 0.3 is 6.09 Å². The molecule has 1 aromatic heterocycles. The Morgan fingerprint density at radius 1 is 1.17 bits per heavy atom. The molecule has 3 rings (SSSR count). The first kappa shape index (κ1) is 15.1. The molecule has 3 aromatic rings. The smallest absolute Gasteiger partial charge is 0.407 e. The van der Waals surface area contributed by atoms with Crippen LogP contribution < -0.4 is 5.32 Å². The van der Waals surface area contributed by atoms with Gasteiger partial charge in [-0.1, -0.05) is 36.4 Å². The molecule has 0 radical (unpaired) electrons. The van der Waals surface area contributed by atoms with Crippen LogP contribution in [0.2, 0.25) is 0 Å². The predicted molar refractivity (Wildman–Crippen MR) is 87.1 cm³/mol. The van der Waals surface area contributed by atoms with E-state index in [4.69, 9.17) is 9.15 Å². The molecule has 23 heavy (non-hydrogen) atoms. The van der Waals surface area contributed by atoms with E-state index in [0.29, 0.717) is 18.9 Å². The van der Waals surface area contributed by atoms with Gasteiger partial charge in [-0.05, 0) is 29.7 Å². The zero-order valence-electron chi connectivity index (χ0n) is 12.9. The molecular weight excluding hydrogens is 292 g/mol. The van der Waals surface area contributed by atoms with Gasteiger partial charge in [0.2, 0.25) is 0 Å². The van der Waals surface area contributed by atoms with Crippen molar-refractivity contribution >= 4 is 17.2 Å². The normalized spacial score (nSPS) is 10.7. The number of benzene rings is 2. The lowest BCUT2D eigenvalue weighted by Crippen LogP contribution is -2.26. The average molecular weight is 310 g/mol. The van der Waals surface area contributed by atoms with Gasteiger partial charge in [-0.25, -0.2) is 9.78 Å². The van der Waals surface area contributed by atoms with Crippen molar-refractivity contribution in [1.82, 2.24) is 10.3 Å². The summed E-state index contributed by atoms with van der Waals surface area (Å²) >= 11 is 0. The summed E-state index contributed by atoms with van der Waals surface area (Å²) in [6.07, 6.45) is 0.301. The third kappa shape index (κ3) is 4.10. The van der Waals surface area contributed by atoms with Crippen molar-refractivity contribution in [2.45, 2.75) is 20.0 Å². The number of amides is 1. The zero-order chi connectivity index (χ0) is 16.1. The Kier molecular flexibility index (Phi) is 4.57. The highest BCUT2D eigenvalue weighted by Crippen LogP contribution is 2.16. The van der Waals surface area contributed by atoms with Gasteiger partial charge in [0.1, 0.15) is 12.1 Å². The molecule has 1 heterocycles. The van der Waals surface area contributed by atoms with Gasteiger partial charge in [0.15, 0.2) is 11.5 Å². The minimum Gasteiger partial charge on any atom is -0.445 e. The van der Waals surface area contributed by atoms with Crippen molar-refractivity contribution < 1.29 is 13.9 Å². The highest BCUT2D eigenvalue weighted by molar-refractivity contribution is 5.73. The summed E-state index contributed by atoms with van der Waals surface area (Å²) in [7, 11) is 0. The fourth-order valence-electron chi connectivity index (χ4n) is 2.33. The van der Waals surface area contributed by atoms with E-state index in [-0.39, 0.29) is 6.61 Å². The maximum Gasteiger partial charge on any atom is 0.407 e. The van der Waals surface area contributed by atoms with E-state index in [0.717, 1.165) is 22.2 Å². The molecule has 118 valence electrons. The largest absolute Gasteiger partial charge is 0.445 e. The van der Waals surface area contributed by atoms with Crippen molar-refractivity contribution in [3.05, 3.63) is 65.5 Å². The number of nitrogens with zero attached hydrogens (tertiary/aromatic N) is 1. The topological polar surface area (TPSA) is 64.4 Å². The van der Waals surface area contributed by atoms with Gasteiger partial charge in [0.25, 0.3) is 0 Å². The Labute approximate surface area is 134 Å². The Morgan fingerprint density at radius 2 is 2.00 bits per heavy atom. The van der Waals surface area contributed by atoms with Crippen LogP contribution in [0.4, 0.5) is 4.79 Å². The minimum atomic E-state index is -0.410. The number of ether oxygens (including phenoxy) is 1. The number of alkyl carbamates (subject to hydrolysis) is 1. The second-order valence-electron chi connectivity index (χ2n) is 5.27. The minimum absolute atomic E-state index is 0.275. The van der Waals surface area contributed by atoms with Crippen LogP contribution >= 0.6 is 0 Å². The molecule has 0 saturated carbocycles. The third-order valence-electron chi connectivity index (χ3n) is 3.45.